The largest absolute Gasteiger partial charge is 0.366 e. The first kappa shape index (κ1) is 15.0. The molecule has 0 amide bonds. The van der Waals surface area contributed by atoms with Crippen LogP contribution in [0.2, 0.25) is 0 Å². The Bertz CT molecular complexity index is 860. The fourth-order valence-electron chi connectivity index (χ4n) is 2.43. The molecule has 3 heterocycles. The maximum Gasteiger partial charge on any atom is 0.137 e. The summed E-state index contributed by atoms with van der Waals surface area (Å²) in [4.78, 5) is 16.2. The van der Waals surface area contributed by atoms with Gasteiger partial charge in [-0.3, -0.25) is 0 Å². The fraction of sp³-hybridized carbons (Fsp3) is 0.167. The summed E-state index contributed by atoms with van der Waals surface area (Å²) >= 11 is 0. The molecule has 0 atom stereocenters. The second kappa shape index (κ2) is 6.87. The van der Waals surface area contributed by atoms with Gasteiger partial charge < -0.3 is 10.3 Å². The number of nitrogens with one attached hydrogen (secondary N) is 2. The van der Waals surface area contributed by atoms with Crippen LogP contribution >= 0.6 is 0 Å². The number of aromatic nitrogens is 4. The van der Waals surface area contributed by atoms with Gasteiger partial charge in [-0.15, -0.1) is 0 Å². The van der Waals surface area contributed by atoms with E-state index in [1.54, 1.807) is 12.5 Å². The van der Waals surface area contributed by atoms with Crippen molar-refractivity contribution < 1.29 is 0 Å². The Kier molecular flexibility index (Phi) is 4.47. The molecule has 5 nitrogen and oxygen atoms in total. The SMILES string of the molecule is C/C=C\C(=C/C)CNc1cc(-c2c[nH]c3ncccc23)ncn1. The topological polar surface area (TPSA) is 66.5 Å². The van der Waals surface area contributed by atoms with Crippen molar-refractivity contribution in [1.82, 2.24) is 19.9 Å². The van der Waals surface area contributed by atoms with Gasteiger partial charge in [-0.2, -0.15) is 0 Å². The molecular formula is C18H19N5. The number of aromatic amines is 1. The van der Waals surface area contributed by atoms with E-state index >= 15 is 0 Å². The van der Waals surface area contributed by atoms with E-state index in [0.29, 0.717) is 0 Å². The highest BCUT2D eigenvalue weighted by Gasteiger charge is 2.08. The molecule has 3 rings (SSSR count). The van der Waals surface area contributed by atoms with Gasteiger partial charge in [0.05, 0.1) is 5.69 Å². The molecule has 0 aliphatic rings. The van der Waals surface area contributed by atoms with Crippen molar-refractivity contribution in [3.63, 3.8) is 0 Å². The number of hydrogen-bond acceptors (Lipinski definition) is 4. The van der Waals surface area contributed by atoms with Crippen LogP contribution in [0.25, 0.3) is 22.3 Å². The van der Waals surface area contributed by atoms with Gasteiger partial charge in [0.25, 0.3) is 0 Å². The molecule has 0 saturated carbocycles. The van der Waals surface area contributed by atoms with E-state index in [-0.39, 0.29) is 0 Å². The minimum Gasteiger partial charge on any atom is -0.366 e. The molecule has 0 radical (unpaired) electrons. The van der Waals surface area contributed by atoms with Gasteiger partial charge in [-0.1, -0.05) is 18.2 Å². The number of nitrogens with zero attached hydrogens (tertiary/aromatic N) is 3. The van der Waals surface area contributed by atoms with Crippen molar-refractivity contribution in [1.29, 1.82) is 0 Å². The number of fused-ring (bicyclic) bond motifs is 1. The van der Waals surface area contributed by atoms with Gasteiger partial charge in [-0.25, -0.2) is 15.0 Å². The molecule has 5 heteroatoms. The molecule has 0 aromatic carbocycles. The highest BCUT2D eigenvalue weighted by atomic mass is 15.0. The first-order valence-corrected chi connectivity index (χ1v) is 7.58. The summed E-state index contributed by atoms with van der Waals surface area (Å²) in [5.41, 5.74) is 3.97. The lowest BCUT2D eigenvalue weighted by Gasteiger charge is -2.07. The van der Waals surface area contributed by atoms with Gasteiger partial charge >= 0.3 is 0 Å². The average Bonchev–Trinajstić information content (AvgIpc) is 3.03. The number of hydrogen-bond donors (Lipinski definition) is 2. The van der Waals surface area contributed by atoms with Crippen LogP contribution in [-0.2, 0) is 0 Å². The Balaban J connectivity index is 1.85. The molecule has 0 bridgehead atoms. The van der Waals surface area contributed by atoms with Gasteiger partial charge in [0, 0.05) is 36.0 Å². The zero-order chi connectivity index (χ0) is 16.1. The number of rotatable bonds is 5. The quantitative estimate of drug-likeness (QED) is 0.700. The summed E-state index contributed by atoms with van der Waals surface area (Å²) in [7, 11) is 0. The van der Waals surface area contributed by atoms with Crippen molar-refractivity contribution >= 4 is 16.9 Å². The average molecular weight is 305 g/mol. The summed E-state index contributed by atoms with van der Waals surface area (Å²) in [5, 5.41) is 4.39. The summed E-state index contributed by atoms with van der Waals surface area (Å²) in [5.74, 6) is 0.803. The van der Waals surface area contributed by atoms with E-state index in [4.69, 9.17) is 0 Å². The summed E-state index contributed by atoms with van der Waals surface area (Å²) < 4.78 is 0. The van der Waals surface area contributed by atoms with E-state index < -0.39 is 0 Å². The third kappa shape index (κ3) is 3.29. The molecule has 0 aliphatic carbocycles. The highest BCUT2D eigenvalue weighted by Crippen LogP contribution is 2.26. The molecular weight excluding hydrogens is 286 g/mol. The van der Waals surface area contributed by atoms with Crippen molar-refractivity contribution in [2.75, 3.05) is 11.9 Å². The zero-order valence-corrected chi connectivity index (χ0v) is 13.2. The second-order valence-corrected chi connectivity index (χ2v) is 5.11. The predicted molar refractivity (Wildman–Crippen MR) is 94.2 cm³/mol. The number of H-pyrrole nitrogens is 1. The summed E-state index contributed by atoms with van der Waals surface area (Å²) in [6.07, 6.45) is 11.5. The number of pyridine rings is 1. The molecule has 3 aromatic heterocycles. The molecule has 23 heavy (non-hydrogen) atoms. The van der Waals surface area contributed by atoms with E-state index in [1.165, 1.54) is 5.57 Å². The normalized spacial score (nSPS) is 12.2. The Labute approximate surface area is 135 Å². The van der Waals surface area contributed by atoms with E-state index in [2.05, 4.69) is 37.4 Å². The molecule has 116 valence electrons. The molecule has 0 saturated heterocycles. The lowest BCUT2D eigenvalue weighted by Crippen LogP contribution is -2.05. The van der Waals surface area contributed by atoms with Crippen LogP contribution in [0.15, 0.2) is 60.7 Å². The van der Waals surface area contributed by atoms with E-state index in [9.17, 15) is 0 Å². The standard InChI is InChI=1S/C18H19N5/c1-3-6-13(4-2)10-20-17-9-16(22-12-23-17)15-11-21-18-14(15)7-5-8-19-18/h3-9,11-12H,10H2,1-2H3,(H,19,21)(H,20,22,23)/b6-3-,13-4+. The molecule has 0 fully saturated rings. The molecule has 0 unspecified atom stereocenters. The third-order valence-electron chi connectivity index (χ3n) is 3.62. The van der Waals surface area contributed by atoms with E-state index in [1.807, 2.05) is 44.3 Å². The summed E-state index contributed by atoms with van der Waals surface area (Å²) in [6, 6.07) is 5.92. The first-order valence-electron chi connectivity index (χ1n) is 7.58. The van der Waals surface area contributed by atoms with Crippen LogP contribution in [-0.4, -0.2) is 26.5 Å². The van der Waals surface area contributed by atoms with Crippen LogP contribution in [0.5, 0.6) is 0 Å². The van der Waals surface area contributed by atoms with Crippen LogP contribution in [0.3, 0.4) is 0 Å². The van der Waals surface area contributed by atoms with Gasteiger partial charge in [0.1, 0.15) is 17.8 Å². The zero-order valence-electron chi connectivity index (χ0n) is 13.2. The Morgan fingerprint density at radius 1 is 1.26 bits per heavy atom. The Morgan fingerprint density at radius 3 is 3.00 bits per heavy atom. The van der Waals surface area contributed by atoms with E-state index in [0.717, 1.165) is 34.7 Å². The van der Waals surface area contributed by atoms with Gasteiger partial charge in [-0.05, 0) is 31.6 Å². The lowest BCUT2D eigenvalue weighted by atomic mass is 10.1. The van der Waals surface area contributed by atoms with Crippen molar-refractivity contribution in [3.05, 3.63) is 60.7 Å². The molecule has 2 N–H and O–H groups in total. The number of anilines is 1. The maximum absolute atomic E-state index is 4.39. The Morgan fingerprint density at radius 2 is 2.17 bits per heavy atom. The lowest BCUT2D eigenvalue weighted by molar-refractivity contribution is 1.13. The predicted octanol–water partition coefficient (Wildman–Crippen LogP) is 3.95. The second-order valence-electron chi connectivity index (χ2n) is 5.11. The van der Waals surface area contributed by atoms with Crippen LogP contribution < -0.4 is 5.32 Å². The van der Waals surface area contributed by atoms with Crippen molar-refractivity contribution in [3.8, 4) is 11.3 Å². The molecule has 0 spiro atoms. The van der Waals surface area contributed by atoms with Gasteiger partial charge in [0.2, 0.25) is 0 Å². The monoisotopic (exact) mass is 305 g/mol. The minimum atomic E-state index is 0.729. The maximum atomic E-state index is 4.39. The first-order chi connectivity index (χ1) is 11.3. The fourth-order valence-corrected chi connectivity index (χ4v) is 2.43. The van der Waals surface area contributed by atoms with Crippen LogP contribution in [0.1, 0.15) is 13.8 Å². The highest BCUT2D eigenvalue weighted by molar-refractivity contribution is 5.92. The van der Waals surface area contributed by atoms with Crippen molar-refractivity contribution in [2.24, 2.45) is 0 Å². The van der Waals surface area contributed by atoms with Crippen LogP contribution in [0, 0.1) is 0 Å². The molecule has 0 aliphatic heterocycles. The smallest absolute Gasteiger partial charge is 0.137 e. The molecule has 3 aromatic rings. The van der Waals surface area contributed by atoms with Crippen LogP contribution in [0.4, 0.5) is 5.82 Å². The minimum absolute atomic E-state index is 0.729. The van der Waals surface area contributed by atoms with Gasteiger partial charge in [0.15, 0.2) is 0 Å². The Hall–Kier alpha value is -2.95. The summed E-state index contributed by atoms with van der Waals surface area (Å²) in [6.45, 7) is 4.77. The van der Waals surface area contributed by atoms with Crippen molar-refractivity contribution in [2.45, 2.75) is 13.8 Å². The number of allylic oxidation sites excluding steroid dienone is 2. The third-order valence-corrected chi connectivity index (χ3v) is 3.62.